The molecule has 166 valence electrons. The minimum atomic E-state index is -4.78. The third-order valence-corrected chi connectivity index (χ3v) is 4.98. The molecule has 0 atom stereocenters. The number of thiophene rings is 1. The number of aromatic nitrogens is 6. The first-order valence-electron chi connectivity index (χ1n) is 8.54. The van der Waals surface area contributed by atoms with E-state index in [4.69, 9.17) is 0 Å². The standard InChI is InChI=1S/C17H9F6N7OS/c18-16(19,20)11-5-12(27-8-26-11)30(13-6-24-3-4-25-13)7-9-1-2-10(32-9)14-28-15(31-29-14)17(21,22)23/h1-6,8H,7H2. The van der Waals surface area contributed by atoms with E-state index in [1.54, 1.807) is 6.07 Å². The van der Waals surface area contributed by atoms with Gasteiger partial charge in [-0.1, -0.05) is 5.16 Å². The summed E-state index contributed by atoms with van der Waals surface area (Å²) >= 11 is 1.03. The van der Waals surface area contributed by atoms with E-state index in [2.05, 4.69) is 34.6 Å². The van der Waals surface area contributed by atoms with Gasteiger partial charge in [-0.15, -0.1) is 11.3 Å². The quantitative estimate of drug-likeness (QED) is 0.383. The predicted octanol–water partition coefficient (Wildman–Crippen LogP) is 4.75. The summed E-state index contributed by atoms with van der Waals surface area (Å²) in [5.41, 5.74) is -1.14. The zero-order valence-electron chi connectivity index (χ0n) is 15.5. The Morgan fingerprint density at radius 2 is 1.75 bits per heavy atom. The molecule has 0 spiro atoms. The van der Waals surface area contributed by atoms with Gasteiger partial charge in [0.05, 0.1) is 17.6 Å². The Morgan fingerprint density at radius 3 is 2.41 bits per heavy atom. The van der Waals surface area contributed by atoms with Crippen LogP contribution in [0.1, 0.15) is 16.5 Å². The van der Waals surface area contributed by atoms with Gasteiger partial charge < -0.3 is 9.42 Å². The second-order valence-corrected chi connectivity index (χ2v) is 7.26. The lowest BCUT2D eigenvalue weighted by Gasteiger charge is -2.22. The van der Waals surface area contributed by atoms with Gasteiger partial charge in [-0.25, -0.2) is 15.0 Å². The van der Waals surface area contributed by atoms with Crippen molar-refractivity contribution in [1.29, 1.82) is 0 Å². The van der Waals surface area contributed by atoms with Gasteiger partial charge in [-0.2, -0.15) is 31.3 Å². The topological polar surface area (TPSA) is 93.7 Å². The summed E-state index contributed by atoms with van der Waals surface area (Å²) < 4.78 is 81.6. The van der Waals surface area contributed by atoms with Crippen LogP contribution >= 0.6 is 11.3 Å². The molecule has 0 fully saturated rings. The van der Waals surface area contributed by atoms with E-state index < -0.39 is 23.9 Å². The van der Waals surface area contributed by atoms with Gasteiger partial charge in [0.2, 0.25) is 5.82 Å². The predicted molar refractivity (Wildman–Crippen MR) is 97.5 cm³/mol. The van der Waals surface area contributed by atoms with Crippen LogP contribution in [0.4, 0.5) is 38.0 Å². The van der Waals surface area contributed by atoms with Crippen molar-refractivity contribution in [1.82, 2.24) is 30.1 Å². The van der Waals surface area contributed by atoms with E-state index in [-0.39, 0.29) is 28.9 Å². The summed E-state index contributed by atoms with van der Waals surface area (Å²) in [7, 11) is 0. The average Bonchev–Trinajstić information content (AvgIpc) is 3.41. The molecule has 15 heteroatoms. The van der Waals surface area contributed by atoms with Crippen molar-refractivity contribution in [3.05, 3.63) is 59.6 Å². The summed E-state index contributed by atoms with van der Waals surface area (Å²) in [6.45, 7) is -0.0123. The first-order valence-corrected chi connectivity index (χ1v) is 9.36. The molecule has 0 aliphatic carbocycles. The highest BCUT2D eigenvalue weighted by Gasteiger charge is 2.38. The molecule has 4 rings (SSSR count). The summed E-state index contributed by atoms with van der Waals surface area (Å²) in [6.07, 6.45) is -4.61. The second kappa shape index (κ2) is 8.14. The summed E-state index contributed by atoms with van der Waals surface area (Å²) in [6, 6.07) is 3.80. The van der Waals surface area contributed by atoms with Gasteiger partial charge in [0.15, 0.2) is 5.82 Å². The fourth-order valence-electron chi connectivity index (χ4n) is 2.54. The molecule has 0 amide bonds. The number of anilines is 2. The largest absolute Gasteiger partial charge is 0.471 e. The van der Waals surface area contributed by atoms with E-state index in [9.17, 15) is 26.3 Å². The van der Waals surface area contributed by atoms with Crippen LogP contribution in [0.5, 0.6) is 0 Å². The van der Waals surface area contributed by atoms with E-state index in [0.717, 1.165) is 23.7 Å². The zero-order chi connectivity index (χ0) is 22.9. The summed E-state index contributed by atoms with van der Waals surface area (Å²) in [4.78, 5) is 20.7. The van der Waals surface area contributed by atoms with E-state index in [1.807, 2.05) is 0 Å². The number of halogens is 6. The molecule has 4 aromatic heterocycles. The van der Waals surface area contributed by atoms with Gasteiger partial charge >= 0.3 is 18.2 Å². The first kappa shape index (κ1) is 21.6. The molecule has 0 aliphatic heterocycles. The van der Waals surface area contributed by atoms with Gasteiger partial charge in [-0.05, 0) is 12.1 Å². The maximum atomic E-state index is 13.1. The van der Waals surface area contributed by atoms with E-state index in [1.165, 1.54) is 29.6 Å². The summed E-state index contributed by atoms with van der Waals surface area (Å²) in [5, 5.41) is 3.32. The molecular weight excluding hydrogens is 464 g/mol. The van der Waals surface area contributed by atoms with Crippen LogP contribution in [-0.2, 0) is 18.9 Å². The van der Waals surface area contributed by atoms with Crippen molar-refractivity contribution in [3.8, 4) is 10.7 Å². The molecule has 0 saturated heterocycles. The lowest BCUT2D eigenvalue weighted by atomic mass is 10.3. The lowest BCUT2D eigenvalue weighted by Crippen LogP contribution is -2.20. The highest BCUT2D eigenvalue weighted by molar-refractivity contribution is 7.15. The van der Waals surface area contributed by atoms with Crippen LogP contribution < -0.4 is 4.90 Å². The van der Waals surface area contributed by atoms with Crippen molar-refractivity contribution in [2.75, 3.05) is 4.90 Å². The van der Waals surface area contributed by atoms with Crippen molar-refractivity contribution in [3.63, 3.8) is 0 Å². The molecule has 8 nitrogen and oxygen atoms in total. The van der Waals surface area contributed by atoms with E-state index in [0.29, 0.717) is 4.88 Å². The monoisotopic (exact) mass is 473 g/mol. The molecule has 0 aromatic carbocycles. The highest BCUT2D eigenvalue weighted by Crippen LogP contribution is 2.34. The van der Waals surface area contributed by atoms with Crippen LogP contribution in [0.2, 0.25) is 0 Å². The first-order chi connectivity index (χ1) is 15.1. The van der Waals surface area contributed by atoms with Crippen molar-refractivity contribution in [2.45, 2.75) is 18.9 Å². The average molecular weight is 473 g/mol. The fraction of sp³-hybridized carbons (Fsp3) is 0.176. The second-order valence-electron chi connectivity index (χ2n) is 6.10. The molecule has 32 heavy (non-hydrogen) atoms. The Kier molecular flexibility index (Phi) is 5.50. The molecule has 4 aromatic rings. The molecule has 0 radical (unpaired) electrons. The van der Waals surface area contributed by atoms with Crippen LogP contribution in [0.3, 0.4) is 0 Å². The lowest BCUT2D eigenvalue weighted by molar-refractivity contribution is -0.159. The number of alkyl halides is 6. The van der Waals surface area contributed by atoms with Crippen LogP contribution in [0, 0.1) is 0 Å². The molecule has 4 heterocycles. The molecule has 0 N–H and O–H groups in total. The van der Waals surface area contributed by atoms with Crippen LogP contribution in [0.15, 0.2) is 47.6 Å². The van der Waals surface area contributed by atoms with Crippen molar-refractivity contribution >= 4 is 23.0 Å². The van der Waals surface area contributed by atoms with Crippen molar-refractivity contribution in [2.24, 2.45) is 0 Å². The molecule has 0 bridgehead atoms. The normalized spacial score (nSPS) is 12.2. The Balaban J connectivity index is 1.66. The van der Waals surface area contributed by atoms with Gasteiger partial charge in [0, 0.05) is 23.3 Å². The Bertz CT molecular complexity index is 1210. The third-order valence-electron chi connectivity index (χ3n) is 3.91. The van der Waals surface area contributed by atoms with Gasteiger partial charge in [-0.3, -0.25) is 4.98 Å². The number of hydrogen-bond acceptors (Lipinski definition) is 9. The van der Waals surface area contributed by atoms with Crippen LogP contribution in [-0.4, -0.2) is 30.1 Å². The number of nitrogens with zero attached hydrogens (tertiary/aromatic N) is 7. The molecule has 0 aliphatic rings. The third kappa shape index (κ3) is 4.66. The Morgan fingerprint density at radius 1 is 0.938 bits per heavy atom. The fourth-order valence-corrected chi connectivity index (χ4v) is 3.46. The minimum Gasteiger partial charge on any atom is -0.329 e. The maximum absolute atomic E-state index is 13.1. The highest BCUT2D eigenvalue weighted by atomic mass is 32.1. The Labute approximate surface area is 178 Å². The smallest absolute Gasteiger partial charge is 0.329 e. The minimum absolute atomic E-state index is 0.0123. The molecular formula is C17H9F6N7OS. The zero-order valence-corrected chi connectivity index (χ0v) is 16.3. The van der Waals surface area contributed by atoms with Gasteiger partial charge in [0.25, 0.3) is 0 Å². The van der Waals surface area contributed by atoms with Crippen LogP contribution in [0.25, 0.3) is 10.7 Å². The maximum Gasteiger partial charge on any atom is 0.471 e. The van der Waals surface area contributed by atoms with E-state index >= 15 is 0 Å². The van der Waals surface area contributed by atoms with Gasteiger partial charge in [0.1, 0.15) is 17.8 Å². The summed E-state index contributed by atoms with van der Waals surface area (Å²) in [5.74, 6) is -1.64. The number of hydrogen-bond donors (Lipinski definition) is 0. The SMILES string of the molecule is FC(F)(F)c1cc(N(Cc2ccc(-c3noc(C(F)(F)F)n3)s2)c2cnccn2)ncn1. The number of rotatable bonds is 5. The molecule has 0 unspecified atom stereocenters. The van der Waals surface area contributed by atoms with Crippen molar-refractivity contribution < 1.29 is 30.9 Å². The molecule has 0 saturated carbocycles. The Hall–Kier alpha value is -3.62.